The molecule has 104 valence electrons. The molecule has 0 fully saturated rings. The first-order valence-electron chi connectivity index (χ1n) is 6.55. The summed E-state index contributed by atoms with van der Waals surface area (Å²) in [5.41, 5.74) is 20.3. The molecule has 0 spiro atoms. The zero-order chi connectivity index (χ0) is 15.0. The van der Waals surface area contributed by atoms with Crippen LogP contribution in [0.15, 0.2) is 54.6 Å². The Morgan fingerprint density at radius 2 is 1.62 bits per heavy atom. The van der Waals surface area contributed by atoms with Crippen molar-refractivity contribution in [1.82, 2.24) is 0 Å². The number of rotatable bonds is 2. The largest absolute Gasteiger partial charge is 0.397 e. The van der Waals surface area contributed by atoms with Gasteiger partial charge in [-0.05, 0) is 22.9 Å². The van der Waals surface area contributed by atoms with Crippen LogP contribution in [0.2, 0.25) is 0 Å². The van der Waals surface area contributed by atoms with Gasteiger partial charge in [-0.25, -0.2) is 0 Å². The normalized spacial score (nSPS) is 10.7. The third-order valence-corrected chi connectivity index (χ3v) is 3.60. The number of carbonyl (C=O) groups is 1. The van der Waals surface area contributed by atoms with Gasteiger partial charge in [0.25, 0.3) is 0 Å². The van der Waals surface area contributed by atoms with Gasteiger partial charge in [0.1, 0.15) is 0 Å². The van der Waals surface area contributed by atoms with Gasteiger partial charge in [-0.1, -0.05) is 42.5 Å². The zero-order valence-electron chi connectivity index (χ0n) is 11.3. The van der Waals surface area contributed by atoms with Crippen LogP contribution in [0.5, 0.6) is 0 Å². The Morgan fingerprint density at radius 3 is 2.38 bits per heavy atom. The molecule has 0 heterocycles. The van der Waals surface area contributed by atoms with Gasteiger partial charge in [0.2, 0.25) is 5.91 Å². The number of amides is 1. The average molecular weight is 277 g/mol. The molecule has 4 heteroatoms. The minimum Gasteiger partial charge on any atom is -0.397 e. The van der Waals surface area contributed by atoms with E-state index in [0.29, 0.717) is 16.9 Å². The Kier molecular flexibility index (Phi) is 2.99. The molecule has 3 aromatic carbocycles. The molecule has 3 aromatic rings. The third kappa shape index (κ3) is 2.07. The van der Waals surface area contributed by atoms with Crippen LogP contribution in [0.4, 0.5) is 11.4 Å². The summed E-state index contributed by atoms with van der Waals surface area (Å²) in [5.74, 6) is -0.488. The van der Waals surface area contributed by atoms with Crippen molar-refractivity contribution in [2.45, 2.75) is 0 Å². The Balaban J connectivity index is 2.46. The second-order valence-corrected chi connectivity index (χ2v) is 4.88. The van der Waals surface area contributed by atoms with Gasteiger partial charge in [-0.3, -0.25) is 4.79 Å². The lowest BCUT2D eigenvalue weighted by molar-refractivity contribution is 0.100. The van der Waals surface area contributed by atoms with Gasteiger partial charge < -0.3 is 17.2 Å². The number of nitrogen functional groups attached to an aromatic ring is 2. The highest BCUT2D eigenvalue weighted by Crippen LogP contribution is 2.37. The molecule has 0 radical (unpaired) electrons. The second-order valence-electron chi connectivity index (χ2n) is 4.88. The van der Waals surface area contributed by atoms with Crippen LogP contribution < -0.4 is 17.2 Å². The van der Waals surface area contributed by atoms with Crippen molar-refractivity contribution in [2.75, 3.05) is 11.5 Å². The number of carbonyl (C=O) groups excluding carboxylic acids is 1. The van der Waals surface area contributed by atoms with Crippen LogP contribution in [0.1, 0.15) is 10.4 Å². The highest BCUT2D eigenvalue weighted by Gasteiger charge is 2.16. The fourth-order valence-electron chi connectivity index (χ4n) is 2.57. The first-order valence-corrected chi connectivity index (χ1v) is 6.55. The predicted molar refractivity (Wildman–Crippen MR) is 86.7 cm³/mol. The van der Waals surface area contributed by atoms with E-state index in [1.165, 1.54) is 0 Å². The molecule has 0 unspecified atom stereocenters. The molecule has 21 heavy (non-hydrogen) atoms. The van der Waals surface area contributed by atoms with E-state index in [9.17, 15) is 4.79 Å². The molecule has 0 aliphatic heterocycles. The Bertz CT molecular complexity index is 856. The number of fused-ring (bicyclic) bond motifs is 1. The Morgan fingerprint density at radius 1 is 0.857 bits per heavy atom. The smallest absolute Gasteiger partial charge is 0.249 e. The monoisotopic (exact) mass is 277 g/mol. The fraction of sp³-hybridized carbons (Fsp3) is 0. The van der Waals surface area contributed by atoms with Crippen molar-refractivity contribution >= 4 is 28.1 Å². The SMILES string of the molecule is NC(=O)c1ccc2ccccc2c1-c1cccc(N)c1N. The van der Waals surface area contributed by atoms with E-state index < -0.39 is 5.91 Å². The molecule has 0 aliphatic rings. The molecule has 6 N–H and O–H groups in total. The Hall–Kier alpha value is -3.01. The molecule has 1 amide bonds. The van der Waals surface area contributed by atoms with Crippen LogP contribution >= 0.6 is 0 Å². The molecule has 4 nitrogen and oxygen atoms in total. The highest BCUT2D eigenvalue weighted by atomic mass is 16.1. The molecular weight excluding hydrogens is 262 g/mol. The predicted octanol–water partition coefficient (Wildman–Crippen LogP) is 2.77. The summed E-state index contributed by atoms with van der Waals surface area (Å²) < 4.78 is 0. The minimum absolute atomic E-state index is 0.436. The summed E-state index contributed by atoms with van der Waals surface area (Å²) in [6.45, 7) is 0. The number of nitrogens with two attached hydrogens (primary N) is 3. The number of primary amides is 1. The molecule has 0 aliphatic carbocycles. The molecular formula is C17H15N3O. The van der Waals surface area contributed by atoms with E-state index in [1.807, 2.05) is 42.5 Å². The van der Waals surface area contributed by atoms with Crippen molar-refractivity contribution in [1.29, 1.82) is 0 Å². The maximum atomic E-state index is 11.8. The van der Waals surface area contributed by atoms with Crippen molar-refractivity contribution in [3.63, 3.8) is 0 Å². The van der Waals surface area contributed by atoms with Crippen molar-refractivity contribution in [2.24, 2.45) is 5.73 Å². The fourth-order valence-corrected chi connectivity index (χ4v) is 2.57. The summed E-state index contributed by atoms with van der Waals surface area (Å²) in [6.07, 6.45) is 0. The first-order chi connectivity index (χ1) is 10.1. The van der Waals surface area contributed by atoms with Gasteiger partial charge in [0.05, 0.1) is 11.4 Å². The molecule has 3 rings (SSSR count). The van der Waals surface area contributed by atoms with Crippen LogP contribution in [0.25, 0.3) is 21.9 Å². The average Bonchev–Trinajstić information content (AvgIpc) is 2.49. The number of para-hydroxylation sites is 1. The van der Waals surface area contributed by atoms with Crippen LogP contribution in [0.3, 0.4) is 0 Å². The van der Waals surface area contributed by atoms with Gasteiger partial charge in [0.15, 0.2) is 0 Å². The van der Waals surface area contributed by atoms with Gasteiger partial charge in [-0.2, -0.15) is 0 Å². The molecule has 0 bridgehead atoms. The lowest BCUT2D eigenvalue weighted by Crippen LogP contribution is -2.13. The molecule has 0 saturated carbocycles. The zero-order valence-corrected chi connectivity index (χ0v) is 11.3. The van der Waals surface area contributed by atoms with E-state index >= 15 is 0 Å². The lowest BCUT2D eigenvalue weighted by atomic mass is 9.91. The maximum absolute atomic E-state index is 11.8. The van der Waals surface area contributed by atoms with Crippen molar-refractivity contribution in [3.05, 3.63) is 60.2 Å². The minimum atomic E-state index is -0.488. The van der Waals surface area contributed by atoms with E-state index in [2.05, 4.69) is 0 Å². The third-order valence-electron chi connectivity index (χ3n) is 3.60. The summed E-state index contributed by atoms with van der Waals surface area (Å²) in [5, 5.41) is 1.94. The van der Waals surface area contributed by atoms with Crippen LogP contribution in [-0.4, -0.2) is 5.91 Å². The van der Waals surface area contributed by atoms with Gasteiger partial charge in [0, 0.05) is 16.7 Å². The second kappa shape index (κ2) is 4.83. The Labute approximate surface area is 122 Å². The molecule has 0 saturated heterocycles. The first kappa shape index (κ1) is 13.0. The number of benzene rings is 3. The molecule has 0 aromatic heterocycles. The van der Waals surface area contributed by atoms with Gasteiger partial charge >= 0.3 is 0 Å². The number of hydrogen-bond acceptors (Lipinski definition) is 3. The van der Waals surface area contributed by atoms with E-state index in [-0.39, 0.29) is 0 Å². The number of anilines is 2. The standard InChI is InChI=1S/C17H15N3O/c18-14-7-3-6-12(16(14)19)15-11-5-2-1-4-10(11)8-9-13(15)17(20)21/h1-9H,18-19H2,(H2,20,21). The van der Waals surface area contributed by atoms with Crippen molar-refractivity contribution in [3.8, 4) is 11.1 Å². The van der Waals surface area contributed by atoms with Crippen LogP contribution in [-0.2, 0) is 0 Å². The van der Waals surface area contributed by atoms with Crippen LogP contribution in [0, 0.1) is 0 Å². The maximum Gasteiger partial charge on any atom is 0.249 e. The van der Waals surface area contributed by atoms with E-state index in [1.54, 1.807) is 12.1 Å². The van der Waals surface area contributed by atoms with E-state index in [4.69, 9.17) is 17.2 Å². The summed E-state index contributed by atoms with van der Waals surface area (Å²) in [7, 11) is 0. The summed E-state index contributed by atoms with van der Waals surface area (Å²) in [4.78, 5) is 11.8. The molecule has 0 atom stereocenters. The van der Waals surface area contributed by atoms with E-state index in [0.717, 1.165) is 21.9 Å². The quantitative estimate of drug-likeness (QED) is 0.628. The summed E-state index contributed by atoms with van der Waals surface area (Å²) in [6, 6.07) is 16.8. The lowest BCUT2D eigenvalue weighted by Gasteiger charge is -2.14. The van der Waals surface area contributed by atoms with Gasteiger partial charge in [-0.15, -0.1) is 0 Å². The number of hydrogen-bond donors (Lipinski definition) is 3. The highest BCUT2D eigenvalue weighted by molar-refractivity contribution is 6.11. The summed E-state index contributed by atoms with van der Waals surface area (Å²) >= 11 is 0. The van der Waals surface area contributed by atoms with Crippen molar-refractivity contribution < 1.29 is 4.79 Å². The topological polar surface area (TPSA) is 95.1 Å².